The van der Waals surface area contributed by atoms with Crippen molar-refractivity contribution in [3.63, 3.8) is 0 Å². The molecule has 0 aliphatic heterocycles. The van der Waals surface area contributed by atoms with Crippen LogP contribution in [0.3, 0.4) is 0 Å². The first-order valence-corrected chi connectivity index (χ1v) is 12.0. The molecule has 5 aliphatic carbocycles. The number of rotatable bonds is 2. The number of hydrogen-bond donors (Lipinski definition) is 1. The fourth-order valence-electron chi connectivity index (χ4n) is 8.71. The molecule has 1 heteroatoms. The molecule has 142 valence electrons. The molecule has 5 fully saturated rings. The van der Waals surface area contributed by atoms with Crippen LogP contribution in [-0.4, -0.2) is 5.54 Å². The van der Waals surface area contributed by atoms with Crippen molar-refractivity contribution in [1.82, 2.24) is 0 Å². The van der Waals surface area contributed by atoms with E-state index in [1.54, 1.807) is 12.8 Å². The highest BCUT2D eigenvalue weighted by Crippen LogP contribution is 2.83. The van der Waals surface area contributed by atoms with Gasteiger partial charge >= 0.3 is 0 Å². The average Bonchev–Trinajstić information content (AvgIpc) is 2.55. The maximum Gasteiger partial charge on any atom is 0.0191 e. The van der Waals surface area contributed by atoms with Crippen LogP contribution < -0.4 is 5.73 Å². The molecule has 2 N–H and O–H groups in total. The standard InChI is InChI=1S/C24H41N/c25-23(13-12-19-14-20-15-21-16-22(23)24(19,20)21)17-18-10-8-6-4-2-1-3-5-7-9-11-18/h18-22H,1-17,25H2. The Morgan fingerprint density at radius 1 is 0.640 bits per heavy atom. The van der Waals surface area contributed by atoms with Gasteiger partial charge in [0.25, 0.3) is 0 Å². The first-order chi connectivity index (χ1) is 12.2. The molecular weight excluding hydrogens is 302 g/mol. The Morgan fingerprint density at radius 2 is 1.20 bits per heavy atom. The molecule has 0 aromatic heterocycles. The van der Waals surface area contributed by atoms with Crippen LogP contribution in [0.25, 0.3) is 0 Å². The molecule has 5 saturated carbocycles. The van der Waals surface area contributed by atoms with E-state index in [0.29, 0.717) is 0 Å². The normalized spacial score (nSPS) is 50.8. The minimum atomic E-state index is 0.230. The van der Waals surface area contributed by atoms with Crippen molar-refractivity contribution < 1.29 is 0 Å². The van der Waals surface area contributed by atoms with Crippen LogP contribution in [0.1, 0.15) is 109 Å². The summed E-state index contributed by atoms with van der Waals surface area (Å²) in [7, 11) is 0. The monoisotopic (exact) mass is 343 g/mol. The van der Waals surface area contributed by atoms with E-state index >= 15 is 0 Å². The summed E-state index contributed by atoms with van der Waals surface area (Å²) in [4.78, 5) is 0. The molecule has 0 aromatic rings. The van der Waals surface area contributed by atoms with E-state index < -0.39 is 0 Å². The topological polar surface area (TPSA) is 26.0 Å². The molecule has 0 heterocycles. The van der Waals surface area contributed by atoms with Crippen LogP contribution >= 0.6 is 0 Å². The molecule has 0 bridgehead atoms. The van der Waals surface area contributed by atoms with E-state index in [0.717, 1.165) is 35.0 Å². The molecule has 1 nitrogen and oxygen atoms in total. The minimum Gasteiger partial charge on any atom is -0.325 e. The largest absolute Gasteiger partial charge is 0.325 e. The van der Waals surface area contributed by atoms with Crippen molar-refractivity contribution >= 4 is 0 Å². The fourth-order valence-corrected chi connectivity index (χ4v) is 8.71. The van der Waals surface area contributed by atoms with Gasteiger partial charge in [0, 0.05) is 5.54 Å². The van der Waals surface area contributed by atoms with Gasteiger partial charge in [-0.05, 0) is 73.5 Å². The summed E-state index contributed by atoms with van der Waals surface area (Å²) in [6.07, 6.45) is 25.2. The van der Waals surface area contributed by atoms with Gasteiger partial charge in [-0.2, -0.15) is 0 Å². The van der Waals surface area contributed by atoms with Crippen LogP contribution in [0, 0.1) is 35.0 Å². The Bertz CT molecular complexity index is 468. The van der Waals surface area contributed by atoms with Crippen molar-refractivity contribution in [2.75, 3.05) is 0 Å². The molecule has 1 spiro atoms. The second kappa shape index (κ2) is 6.54. The van der Waals surface area contributed by atoms with Gasteiger partial charge in [0.2, 0.25) is 0 Å². The first-order valence-electron chi connectivity index (χ1n) is 12.0. The van der Waals surface area contributed by atoms with Crippen molar-refractivity contribution in [2.24, 2.45) is 40.7 Å². The van der Waals surface area contributed by atoms with E-state index in [9.17, 15) is 0 Å². The van der Waals surface area contributed by atoms with E-state index in [4.69, 9.17) is 5.73 Å². The summed E-state index contributed by atoms with van der Waals surface area (Å²) in [6.45, 7) is 0. The van der Waals surface area contributed by atoms with Gasteiger partial charge in [-0.15, -0.1) is 0 Å². The quantitative estimate of drug-likeness (QED) is 0.612. The third kappa shape index (κ3) is 2.58. The fraction of sp³-hybridized carbons (Fsp3) is 1.00. The molecule has 0 amide bonds. The Hall–Kier alpha value is -0.0400. The van der Waals surface area contributed by atoms with Crippen LogP contribution in [0.5, 0.6) is 0 Å². The molecule has 6 unspecified atom stereocenters. The molecule has 6 atom stereocenters. The first kappa shape index (κ1) is 17.1. The second-order valence-corrected chi connectivity index (χ2v) is 11.0. The Labute approximate surface area is 155 Å². The lowest BCUT2D eigenvalue weighted by Gasteiger charge is -2.83. The molecule has 5 aliphatic rings. The third-order valence-electron chi connectivity index (χ3n) is 9.93. The lowest BCUT2D eigenvalue weighted by Crippen LogP contribution is -2.80. The minimum absolute atomic E-state index is 0.230. The summed E-state index contributed by atoms with van der Waals surface area (Å²) in [5.74, 6) is 5.19. The Balaban J connectivity index is 1.23. The SMILES string of the molecule is NC1(CC2CCCCCCCCCCC2)CCC2CC3CC4CC1C234. The highest BCUT2D eigenvalue weighted by molar-refractivity contribution is 5.28. The summed E-state index contributed by atoms with van der Waals surface area (Å²) >= 11 is 0. The summed E-state index contributed by atoms with van der Waals surface area (Å²) in [5, 5.41) is 0. The van der Waals surface area contributed by atoms with Crippen molar-refractivity contribution in [3.8, 4) is 0 Å². The van der Waals surface area contributed by atoms with E-state index in [1.807, 2.05) is 0 Å². The number of hydrogen-bond acceptors (Lipinski definition) is 1. The highest BCUT2D eigenvalue weighted by atomic mass is 14.9. The predicted molar refractivity (Wildman–Crippen MR) is 105 cm³/mol. The van der Waals surface area contributed by atoms with E-state index in [2.05, 4.69) is 0 Å². The predicted octanol–water partition coefficient (Wildman–Crippen LogP) is 6.45. The van der Waals surface area contributed by atoms with Gasteiger partial charge in [0.05, 0.1) is 0 Å². The van der Waals surface area contributed by atoms with Crippen molar-refractivity contribution in [3.05, 3.63) is 0 Å². The van der Waals surface area contributed by atoms with Gasteiger partial charge < -0.3 is 5.73 Å². The van der Waals surface area contributed by atoms with Gasteiger partial charge in [0.15, 0.2) is 0 Å². The maximum atomic E-state index is 7.26. The van der Waals surface area contributed by atoms with Gasteiger partial charge in [-0.3, -0.25) is 0 Å². The summed E-state index contributed by atoms with van der Waals surface area (Å²) in [5.41, 5.74) is 8.29. The molecular formula is C24H41N. The Morgan fingerprint density at radius 3 is 1.80 bits per heavy atom. The second-order valence-electron chi connectivity index (χ2n) is 11.0. The van der Waals surface area contributed by atoms with Gasteiger partial charge in [-0.1, -0.05) is 70.6 Å². The molecule has 0 radical (unpaired) electrons. The van der Waals surface area contributed by atoms with E-state index in [1.165, 1.54) is 96.3 Å². The molecule has 5 rings (SSSR count). The average molecular weight is 344 g/mol. The van der Waals surface area contributed by atoms with Crippen LogP contribution in [0.15, 0.2) is 0 Å². The zero-order valence-corrected chi connectivity index (χ0v) is 16.5. The lowest BCUT2D eigenvalue weighted by molar-refractivity contribution is -0.340. The van der Waals surface area contributed by atoms with Gasteiger partial charge in [-0.25, -0.2) is 0 Å². The van der Waals surface area contributed by atoms with Gasteiger partial charge in [0.1, 0.15) is 0 Å². The number of nitrogens with two attached hydrogens (primary N) is 1. The van der Waals surface area contributed by atoms with Crippen molar-refractivity contribution in [1.29, 1.82) is 0 Å². The highest BCUT2D eigenvalue weighted by Gasteiger charge is 2.78. The molecule has 25 heavy (non-hydrogen) atoms. The summed E-state index contributed by atoms with van der Waals surface area (Å²) < 4.78 is 0. The summed E-state index contributed by atoms with van der Waals surface area (Å²) in [6, 6.07) is 0. The smallest absolute Gasteiger partial charge is 0.0191 e. The lowest BCUT2D eigenvalue weighted by atomic mass is 9.22. The molecule has 0 aromatic carbocycles. The van der Waals surface area contributed by atoms with E-state index in [-0.39, 0.29) is 5.54 Å². The van der Waals surface area contributed by atoms with Crippen LogP contribution in [0.2, 0.25) is 0 Å². The van der Waals surface area contributed by atoms with Crippen molar-refractivity contribution in [2.45, 2.75) is 115 Å². The zero-order chi connectivity index (χ0) is 16.9. The van der Waals surface area contributed by atoms with Crippen LogP contribution in [-0.2, 0) is 0 Å². The third-order valence-corrected chi connectivity index (χ3v) is 9.93. The van der Waals surface area contributed by atoms with Crippen LogP contribution in [0.4, 0.5) is 0 Å². The molecule has 0 saturated heterocycles. The zero-order valence-electron chi connectivity index (χ0n) is 16.5. The maximum absolute atomic E-state index is 7.26. The Kier molecular flexibility index (Phi) is 4.47.